The number of hydrogen-bond acceptors (Lipinski definition) is 5. The summed E-state index contributed by atoms with van der Waals surface area (Å²) < 4.78 is 5.62. The van der Waals surface area contributed by atoms with Crippen molar-refractivity contribution in [3.63, 3.8) is 0 Å². The zero-order valence-electron chi connectivity index (χ0n) is 19.1. The predicted molar refractivity (Wildman–Crippen MR) is 125 cm³/mol. The van der Waals surface area contributed by atoms with Gasteiger partial charge in [0, 0.05) is 12.5 Å². The van der Waals surface area contributed by atoms with Crippen molar-refractivity contribution in [2.45, 2.75) is 43.2 Å². The second kappa shape index (κ2) is 9.05. The van der Waals surface area contributed by atoms with Crippen LogP contribution in [0.4, 0.5) is 4.79 Å². The summed E-state index contributed by atoms with van der Waals surface area (Å²) in [7, 11) is 0. The molecule has 0 aromatic heterocycles. The van der Waals surface area contributed by atoms with Gasteiger partial charge in [0.15, 0.2) is 0 Å². The molecule has 1 saturated heterocycles. The van der Waals surface area contributed by atoms with Gasteiger partial charge in [0.1, 0.15) is 24.1 Å². The van der Waals surface area contributed by atoms with E-state index in [0.717, 1.165) is 35.1 Å². The van der Waals surface area contributed by atoms with E-state index in [0.29, 0.717) is 12.8 Å². The number of nitrogens with one attached hydrogen (secondary N) is 3. The summed E-state index contributed by atoms with van der Waals surface area (Å²) in [6, 6.07) is 14.9. The van der Waals surface area contributed by atoms with Gasteiger partial charge in [-0.2, -0.15) is 0 Å². The Balaban J connectivity index is 1.27. The maximum atomic E-state index is 13.2. The van der Waals surface area contributed by atoms with Crippen LogP contribution in [0.3, 0.4) is 0 Å². The Labute approximate surface area is 202 Å². The molecule has 1 saturated carbocycles. The molecule has 1 heterocycles. The van der Waals surface area contributed by atoms with Crippen molar-refractivity contribution in [3.05, 3.63) is 59.7 Å². The van der Waals surface area contributed by atoms with Crippen LogP contribution in [0.15, 0.2) is 48.5 Å². The minimum Gasteiger partial charge on any atom is -0.481 e. The maximum Gasteiger partial charge on any atom is 0.408 e. The van der Waals surface area contributed by atoms with Crippen molar-refractivity contribution < 1.29 is 29.0 Å². The molecule has 2 aromatic carbocycles. The first-order valence-corrected chi connectivity index (χ1v) is 11.8. The molecule has 2 fully saturated rings. The van der Waals surface area contributed by atoms with Gasteiger partial charge in [-0.25, -0.2) is 4.79 Å². The summed E-state index contributed by atoms with van der Waals surface area (Å²) in [5, 5.41) is 17.2. The Morgan fingerprint density at radius 2 is 1.60 bits per heavy atom. The monoisotopic (exact) mass is 477 g/mol. The lowest BCUT2D eigenvalue weighted by Crippen LogP contribution is -2.60. The zero-order valence-corrected chi connectivity index (χ0v) is 19.1. The van der Waals surface area contributed by atoms with Crippen LogP contribution in [0.1, 0.15) is 42.7 Å². The van der Waals surface area contributed by atoms with E-state index in [1.165, 1.54) is 0 Å². The SMILES string of the molecule is O=C(NC1(C(=O)NC2C(=O)NCC2C(=O)O)CCCC1)OCC1c2ccccc2-c2ccccc21. The summed E-state index contributed by atoms with van der Waals surface area (Å²) >= 11 is 0. The largest absolute Gasteiger partial charge is 0.481 e. The Bertz CT molecular complexity index is 1140. The normalized spacial score (nSPS) is 22.1. The predicted octanol–water partition coefficient (Wildman–Crippen LogP) is 2.15. The van der Waals surface area contributed by atoms with E-state index in [2.05, 4.69) is 28.1 Å². The first-order valence-electron chi connectivity index (χ1n) is 11.8. The summed E-state index contributed by atoms with van der Waals surface area (Å²) in [6.45, 7) is 0.0651. The lowest BCUT2D eigenvalue weighted by atomic mass is 9.94. The molecule has 0 radical (unpaired) electrons. The molecule has 2 atom stereocenters. The summed E-state index contributed by atoms with van der Waals surface area (Å²) in [5.74, 6) is -3.44. The molecular formula is C26H27N3O6. The van der Waals surface area contributed by atoms with E-state index >= 15 is 0 Å². The number of carboxylic acids is 1. The van der Waals surface area contributed by atoms with Gasteiger partial charge in [0.05, 0.1) is 0 Å². The summed E-state index contributed by atoms with van der Waals surface area (Å²) in [6.07, 6.45) is 1.49. The number of carbonyl (C=O) groups excluding carboxylic acids is 3. The average Bonchev–Trinajstić information content (AvgIpc) is 3.55. The molecule has 0 spiro atoms. The molecule has 182 valence electrons. The molecule has 0 bridgehead atoms. The topological polar surface area (TPSA) is 134 Å². The number of benzene rings is 2. The van der Waals surface area contributed by atoms with Gasteiger partial charge >= 0.3 is 12.1 Å². The summed E-state index contributed by atoms with van der Waals surface area (Å²) in [4.78, 5) is 49.7. The number of aliphatic carboxylic acids is 1. The number of rotatable bonds is 6. The zero-order chi connectivity index (χ0) is 24.6. The fourth-order valence-electron chi connectivity index (χ4n) is 5.51. The number of alkyl carbamates (subject to hydrolysis) is 1. The lowest BCUT2D eigenvalue weighted by molar-refractivity contribution is -0.143. The molecule has 4 N–H and O–H groups in total. The Morgan fingerprint density at radius 3 is 2.20 bits per heavy atom. The smallest absolute Gasteiger partial charge is 0.408 e. The van der Waals surface area contributed by atoms with E-state index in [4.69, 9.17) is 4.74 Å². The van der Waals surface area contributed by atoms with Crippen LogP contribution in [0.25, 0.3) is 11.1 Å². The lowest BCUT2D eigenvalue weighted by Gasteiger charge is -2.30. The number of ether oxygens (including phenoxy) is 1. The fourth-order valence-corrected chi connectivity index (χ4v) is 5.51. The highest BCUT2D eigenvalue weighted by atomic mass is 16.5. The molecule has 1 aliphatic heterocycles. The van der Waals surface area contributed by atoms with Crippen LogP contribution >= 0.6 is 0 Å². The molecule has 9 heteroatoms. The van der Waals surface area contributed by atoms with E-state index in [9.17, 15) is 24.3 Å². The number of fused-ring (bicyclic) bond motifs is 3. The van der Waals surface area contributed by atoms with Crippen molar-refractivity contribution in [2.75, 3.05) is 13.2 Å². The van der Waals surface area contributed by atoms with Crippen LogP contribution < -0.4 is 16.0 Å². The van der Waals surface area contributed by atoms with Crippen molar-refractivity contribution in [1.29, 1.82) is 0 Å². The highest BCUT2D eigenvalue weighted by Gasteiger charge is 2.47. The van der Waals surface area contributed by atoms with E-state index in [-0.39, 0.29) is 19.1 Å². The first-order chi connectivity index (χ1) is 16.9. The van der Waals surface area contributed by atoms with E-state index in [1.54, 1.807) is 0 Å². The van der Waals surface area contributed by atoms with Gasteiger partial charge in [0.2, 0.25) is 11.8 Å². The minimum atomic E-state index is -1.24. The molecule has 9 nitrogen and oxygen atoms in total. The second-order valence-corrected chi connectivity index (χ2v) is 9.38. The van der Waals surface area contributed by atoms with Crippen molar-refractivity contribution in [3.8, 4) is 11.1 Å². The Morgan fingerprint density at radius 1 is 1.00 bits per heavy atom. The molecular weight excluding hydrogens is 450 g/mol. The molecule has 2 aliphatic carbocycles. The summed E-state index contributed by atoms with van der Waals surface area (Å²) in [5.41, 5.74) is 3.16. The van der Waals surface area contributed by atoms with Crippen LogP contribution in [-0.2, 0) is 19.1 Å². The Hall–Kier alpha value is -3.88. The highest BCUT2D eigenvalue weighted by Crippen LogP contribution is 2.44. The molecule has 2 unspecified atom stereocenters. The molecule has 2 aromatic rings. The highest BCUT2D eigenvalue weighted by molar-refractivity contribution is 5.97. The van der Waals surface area contributed by atoms with Gasteiger partial charge in [-0.05, 0) is 35.1 Å². The van der Waals surface area contributed by atoms with Gasteiger partial charge < -0.3 is 25.8 Å². The van der Waals surface area contributed by atoms with Crippen molar-refractivity contribution in [1.82, 2.24) is 16.0 Å². The first kappa shape index (κ1) is 22.9. The third-order valence-corrected chi connectivity index (χ3v) is 7.36. The van der Waals surface area contributed by atoms with Crippen molar-refractivity contribution in [2.24, 2.45) is 5.92 Å². The van der Waals surface area contributed by atoms with Gasteiger partial charge in [-0.3, -0.25) is 14.4 Å². The van der Waals surface area contributed by atoms with Gasteiger partial charge in [-0.1, -0.05) is 61.4 Å². The molecule has 35 heavy (non-hydrogen) atoms. The second-order valence-electron chi connectivity index (χ2n) is 9.38. The van der Waals surface area contributed by atoms with Crippen LogP contribution in [-0.4, -0.2) is 53.7 Å². The Kier molecular flexibility index (Phi) is 5.92. The van der Waals surface area contributed by atoms with Gasteiger partial charge in [0.25, 0.3) is 0 Å². The molecule has 3 aliphatic rings. The number of hydrogen-bond donors (Lipinski definition) is 4. The number of carboxylic acid groups (broad SMARTS) is 1. The standard InChI is InChI=1S/C26H27N3O6/c30-22-21(19(13-27-22)23(31)32)28-24(33)26(11-5-6-12-26)29-25(34)35-14-20-17-9-3-1-7-15(17)16-8-2-4-10-18(16)20/h1-4,7-10,19-21H,5-6,11-14H2,(H,27,30)(H,28,33)(H,29,34)(H,31,32). The molecule has 3 amide bonds. The maximum absolute atomic E-state index is 13.2. The number of carbonyl (C=O) groups is 4. The van der Waals surface area contributed by atoms with Crippen LogP contribution in [0.2, 0.25) is 0 Å². The molecule has 5 rings (SSSR count). The third kappa shape index (κ3) is 4.11. The van der Waals surface area contributed by atoms with Crippen LogP contribution in [0, 0.1) is 5.92 Å². The van der Waals surface area contributed by atoms with E-state index in [1.807, 2.05) is 36.4 Å². The average molecular weight is 478 g/mol. The van der Waals surface area contributed by atoms with Crippen molar-refractivity contribution >= 4 is 23.9 Å². The minimum absolute atomic E-state index is 0.0497. The third-order valence-electron chi connectivity index (χ3n) is 7.36. The van der Waals surface area contributed by atoms with Crippen LogP contribution in [0.5, 0.6) is 0 Å². The number of amides is 3. The quantitative estimate of drug-likeness (QED) is 0.504. The van der Waals surface area contributed by atoms with Gasteiger partial charge in [-0.15, -0.1) is 0 Å². The fraction of sp³-hybridized carbons (Fsp3) is 0.385. The van der Waals surface area contributed by atoms with E-state index < -0.39 is 41.4 Å².